The van der Waals surface area contributed by atoms with E-state index in [-0.39, 0.29) is 0 Å². The van der Waals surface area contributed by atoms with Gasteiger partial charge in [0.25, 0.3) is 0 Å². The predicted molar refractivity (Wildman–Crippen MR) is 89.2 cm³/mol. The molecule has 26 heavy (non-hydrogen) atoms. The summed E-state index contributed by atoms with van der Waals surface area (Å²) in [5, 5.41) is 14.8. The Balaban J connectivity index is 1.88. The summed E-state index contributed by atoms with van der Waals surface area (Å²) < 4.78 is 44.4. The van der Waals surface area contributed by atoms with Gasteiger partial charge in [-0.25, -0.2) is 0 Å². The highest BCUT2D eigenvalue weighted by atomic mass is 19.4. The molecule has 0 amide bonds. The highest BCUT2D eigenvalue weighted by Gasteiger charge is 2.36. The molecule has 132 valence electrons. The summed E-state index contributed by atoms with van der Waals surface area (Å²) in [6, 6.07) is 13.0. The number of benzene rings is 1. The third-order valence-corrected chi connectivity index (χ3v) is 3.52. The molecule has 0 spiro atoms. The second-order valence-electron chi connectivity index (χ2n) is 5.33. The Kier molecular flexibility index (Phi) is 4.57. The minimum absolute atomic E-state index is 0.424. The van der Waals surface area contributed by atoms with Crippen LogP contribution in [0.1, 0.15) is 0 Å². The lowest BCUT2D eigenvalue weighted by atomic mass is 10.1. The van der Waals surface area contributed by atoms with E-state index in [1.807, 2.05) is 0 Å². The van der Waals surface area contributed by atoms with Gasteiger partial charge in [0.05, 0.1) is 6.20 Å². The number of hydrogen-bond acceptors (Lipinski definition) is 4. The van der Waals surface area contributed by atoms with E-state index >= 15 is 0 Å². The van der Waals surface area contributed by atoms with Gasteiger partial charge in [-0.05, 0) is 47.5 Å². The van der Waals surface area contributed by atoms with Crippen LogP contribution in [-0.2, 0) is 0 Å². The minimum Gasteiger partial charge on any atom is -0.456 e. The highest BCUT2D eigenvalue weighted by Crippen LogP contribution is 2.25. The molecule has 0 aliphatic rings. The first-order chi connectivity index (χ1) is 12.3. The Labute approximate surface area is 146 Å². The van der Waals surface area contributed by atoms with Crippen molar-refractivity contribution in [1.82, 2.24) is 9.55 Å². The maximum absolute atomic E-state index is 12.8. The molecule has 0 fully saturated rings. The molecule has 2 aromatic heterocycles. The number of pyridine rings is 2. The van der Waals surface area contributed by atoms with Crippen molar-refractivity contribution in [2.45, 2.75) is 6.18 Å². The van der Waals surface area contributed by atoms with Crippen LogP contribution in [0, 0.1) is 10.8 Å². The molecule has 1 aromatic carbocycles. The average molecular weight is 358 g/mol. The molecule has 3 rings (SSSR count). The number of aromatic nitrogens is 2. The van der Waals surface area contributed by atoms with Crippen LogP contribution in [0.25, 0.3) is 11.1 Å². The Morgan fingerprint density at radius 2 is 1.65 bits per heavy atom. The standard InChI is InChI=1S/C18H13F3N4O/c19-18(20,21)17(23)25-11-13(5-8-16(25)22)12-3-6-14(7-4-12)26-15-2-1-9-24-10-15/h1-11,22-23H. The predicted octanol–water partition coefficient (Wildman–Crippen LogP) is 4.21. The maximum Gasteiger partial charge on any atom is 0.449 e. The molecule has 0 aliphatic heterocycles. The SMILES string of the molecule is N=C(n1cc(-c2ccc(Oc3cccnc3)cc2)ccc1=N)C(F)(F)F. The third kappa shape index (κ3) is 3.80. The van der Waals surface area contributed by atoms with E-state index in [1.54, 1.807) is 48.8 Å². The summed E-state index contributed by atoms with van der Waals surface area (Å²) >= 11 is 0. The molecule has 0 atom stereocenters. The Morgan fingerprint density at radius 1 is 0.962 bits per heavy atom. The van der Waals surface area contributed by atoms with Crippen LogP contribution < -0.4 is 10.2 Å². The Morgan fingerprint density at radius 3 is 2.27 bits per heavy atom. The van der Waals surface area contributed by atoms with Crippen molar-refractivity contribution in [3.8, 4) is 22.6 Å². The van der Waals surface area contributed by atoms with Gasteiger partial charge in [0.2, 0.25) is 5.84 Å². The monoisotopic (exact) mass is 358 g/mol. The first-order valence-electron chi connectivity index (χ1n) is 7.46. The van der Waals surface area contributed by atoms with E-state index in [2.05, 4.69) is 4.98 Å². The van der Waals surface area contributed by atoms with Crippen LogP contribution >= 0.6 is 0 Å². The third-order valence-electron chi connectivity index (χ3n) is 3.52. The summed E-state index contributed by atoms with van der Waals surface area (Å²) in [7, 11) is 0. The minimum atomic E-state index is -4.83. The highest BCUT2D eigenvalue weighted by molar-refractivity contribution is 5.87. The average Bonchev–Trinajstić information content (AvgIpc) is 2.62. The molecule has 0 unspecified atom stereocenters. The van der Waals surface area contributed by atoms with Gasteiger partial charge in [0, 0.05) is 12.4 Å². The van der Waals surface area contributed by atoms with Crippen molar-refractivity contribution in [3.05, 3.63) is 72.6 Å². The number of alkyl halides is 3. The van der Waals surface area contributed by atoms with E-state index in [9.17, 15) is 13.2 Å². The lowest BCUT2D eigenvalue weighted by Crippen LogP contribution is -2.36. The molecule has 0 saturated heterocycles. The molecule has 5 nitrogen and oxygen atoms in total. The molecule has 3 aromatic rings. The summed E-state index contributed by atoms with van der Waals surface area (Å²) in [6.45, 7) is 0. The van der Waals surface area contributed by atoms with E-state index in [0.29, 0.717) is 27.2 Å². The topological polar surface area (TPSA) is 74.8 Å². The van der Waals surface area contributed by atoms with Crippen molar-refractivity contribution in [1.29, 1.82) is 10.8 Å². The van der Waals surface area contributed by atoms with Crippen molar-refractivity contribution in [2.24, 2.45) is 0 Å². The summed E-state index contributed by atoms with van der Waals surface area (Å²) in [5.41, 5.74) is 0.655. The zero-order valence-corrected chi connectivity index (χ0v) is 13.3. The Bertz CT molecular complexity index is 980. The lowest BCUT2D eigenvalue weighted by Gasteiger charge is -2.13. The van der Waals surface area contributed by atoms with Crippen LogP contribution in [0.15, 0.2) is 67.1 Å². The summed E-state index contributed by atoms with van der Waals surface area (Å²) in [6.07, 6.45) is -0.526. The second kappa shape index (κ2) is 6.83. The number of nitrogens with zero attached hydrogens (tertiary/aromatic N) is 2. The van der Waals surface area contributed by atoms with Crippen LogP contribution in [0.5, 0.6) is 11.5 Å². The normalized spacial score (nSPS) is 11.2. The number of hydrogen-bond donors (Lipinski definition) is 2. The van der Waals surface area contributed by atoms with Crippen molar-refractivity contribution in [2.75, 3.05) is 0 Å². The van der Waals surface area contributed by atoms with Gasteiger partial charge in [0.15, 0.2) is 0 Å². The van der Waals surface area contributed by atoms with E-state index in [1.165, 1.54) is 12.1 Å². The molecule has 2 heterocycles. The van der Waals surface area contributed by atoms with E-state index in [4.69, 9.17) is 15.6 Å². The first kappa shape index (κ1) is 17.4. The van der Waals surface area contributed by atoms with Gasteiger partial charge in [-0.3, -0.25) is 20.4 Å². The number of ether oxygens (including phenoxy) is 1. The van der Waals surface area contributed by atoms with E-state index < -0.39 is 17.5 Å². The fraction of sp³-hybridized carbons (Fsp3) is 0.0556. The number of halogens is 3. The number of rotatable bonds is 3. The molecule has 0 radical (unpaired) electrons. The van der Waals surface area contributed by atoms with Gasteiger partial charge < -0.3 is 4.74 Å². The van der Waals surface area contributed by atoms with Crippen molar-refractivity contribution in [3.63, 3.8) is 0 Å². The lowest BCUT2D eigenvalue weighted by molar-refractivity contribution is -0.0626. The molecular weight excluding hydrogens is 345 g/mol. The van der Waals surface area contributed by atoms with Crippen LogP contribution in [0.2, 0.25) is 0 Å². The zero-order chi connectivity index (χ0) is 18.7. The van der Waals surface area contributed by atoms with E-state index in [0.717, 1.165) is 6.20 Å². The smallest absolute Gasteiger partial charge is 0.449 e. The summed E-state index contributed by atoms with van der Waals surface area (Å²) in [5.74, 6) is -0.495. The first-order valence-corrected chi connectivity index (χ1v) is 7.46. The largest absolute Gasteiger partial charge is 0.456 e. The van der Waals surface area contributed by atoms with Gasteiger partial charge in [-0.1, -0.05) is 12.1 Å². The quantitative estimate of drug-likeness (QED) is 0.544. The fourth-order valence-electron chi connectivity index (χ4n) is 2.25. The fourth-order valence-corrected chi connectivity index (χ4v) is 2.25. The van der Waals surface area contributed by atoms with Gasteiger partial charge >= 0.3 is 6.18 Å². The Hall–Kier alpha value is -3.42. The number of nitrogens with one attached hydrogen (secondary N) is 2. The molecule has 0 saturated carbocycles. The van der Waals surface area contributed by atoms with Gasteiger partial charge in [0.1, 0.15) is 17.0 Å². The van der Waals surface area contributed by atoms with Crippen LogP contribution in [0.3, 0.4) is 0 Å². The molecule has 8 heteroatoms. The summed E-state index contributed by atoms with van der Waals surface area (Å²) in [4.78, 5) is 3.94. The van der Waals surface area contributed by atoms with Gasteiger partial charge in [-0.2, -0.15) is 13.2 Å². The zero-order valence-electron chi connectivity index (χ0n) is 13.3. The maximum atomic E-state index is 12.8. The molecule has 0 aliphatic carbocycles. The van der Waals surface area contributed by atoms with Crippen molar-refractivity contribution >= 4 is 5.84 Å². The molecular formula is C18H13F3N4O. The molecule has 0 bridgehead atoms. The van der Waals surface area contributed by atoms with Crippen LogP contribution in [-0.4, -0.2) is 21.6 Å². The second-order valence-corrected chi connectivity index (χ2v) is 5.33. The van der Waals surface area contributed by atoms with Gasteiger partial charge in [-0.15, -0.1) is 0 Å². The van der Waals surface area contributed by atoms with Crippen LogP contribution in [0.4, 0.5) is 13.2 Å². The van der Waals surface area contributed by atoms with Crippen molar-refractivity contribution < 1.29 is 17.9 Å². The molecule has 2 N–H and O–H groups in total.